The molecule has 0 amide bonds. The number of rotatable bonds is 11. The summed E-state index contributed by atoms with van der Waals surface area (Å²) in [4.78, 5) is 0. The van der Waals surface area contributed by atoms with Crippen LogP contribution in [0, 0.1) is 0 Å². The van der Waals surface area contributed by atoms with Crippen molar-refractivity contribution in [1.82, 2.24) is 0 Å². The van der Waals surface area contributed by atoms with Crippen LogP contribution in [0.1, 0.15) is 64.9 Å². The summed E-state index contributed by atoms with van der Waals surface area (Å²) in [7, 11) is 0. The second kappa shape index (κ2) is 14.0. The number of hydrogen-bond donors (Lipinski definition) is 0. The second-order valence-corrected chi connectivity index (χ2v) is 6.22. The number of halogens is 1. The van der Waals surface area contributed by atoms with E-state index in [9.17, 15) is 0 Å². The number of quaternary nitrogens is 1. The lowest BCUT2D eigenvalue weighted by atomic mass is 10.1. The van der Waals surface area contributed by atoms with E-state index in [4.69, 9.17) is 0 Å². The van der Waals surface area contributed by atoms with E-state index in [1.807, 2.05) is 0 Å². The van der Waals surface area contributed by atoms with Crippen LogP contribution < -0.4 is 12.4 Å². The van der Waals surface area contributed by atoms with Crippen molar-refractivity contribution in [2.24, 2.45) is 0 Å². The van der Waals surface area contributed by atoms with E-state index in [0.29, 0.717) is 0 Å². The molecule has 22 heavy (non-hydrogen) atoms. The molecule has 0 radical (unpaired) electrons. The molecule has 0 heterocycles. The average Bonchev–Trinajstić information content (AvgIpc) is 2.49. The molecule has 0 unspecified atom stereocenters. The summed E-state index contributed by atoms with van der Waals surface area (Å²) in [5, 5.41) is 0. The van der Waals surface area contributed by atoms with E-state index in [-0.39, 0.29) is 17.9 Å². The fourth-order valence-electron chi connectivity index (χ4n) is 3.02. The molecule has 0 aliphatic rings. The quantitative estimate of drug-likeness (QED) is 0.552. The first kappa shape index (κ1) is 23.7. The van der Waals surface area contributed by atoms with Crippen molar-refractivity contribution in [3.8, 4) is 0 Å². The highest BCUT2D eigenvalue weighted by Crippen LogP contribution is 2.19. The first-order valence-electron chi connectivity index (χ1n) is 8.65. The molecule has 0 bridgehead atoms. The molecule has 0 aliphatic carbocycles. The van der Waals surface area contributed by atoms with Gasteiger partial charge in [-0.2, -0.15) is 0 Å². The van der Waals surface area contributed by atoms with Gasteiger partial charge < -0.3 is 22.4 Å². The molecule has 0 aliphatic heterocycles. The Balaban J connectivity index is 0. The molecule has 1 rings (SSSR count). The highest BCUT2D eigenvalue weighted by atomic mass is 35.5. The van der Waals surface area contributed by atoms with Crippen LogP contribution in [0.25, 0.3) is 0 Å². The third kappa shape index (κ3) is 8.77. The highest BCUT2D eigenvalue weighted by Gasteiger charge is 2.25. The van der Waals surface area contributed by atoms with Gasteiger partial charge in [-0.3, -0.25) is 0 Å². The maximum atomic E-state index is 2.32. The van der Waals surface area contributed by atoms with Crippen molar-refractivity contribution >= 4 is 0 Å². The van der Waals surface area contributed by atoms with Crippen molar-refractivity contribution in [3.63, 3.8) is 0 Å². The minimum absolute atomic E-state index is 0. The molecule has 0 spiro atoms. The lowest BCUT2D eigenvalue weighted by Gasteiger charge is -2.39. The number of unbranched alkanes of at least 4 members (excludes halogenated alkanes) is 3. The molecule has 0 fully saturated rings. The zero-order valence-corrected chi connectivity index (χ0v) is 15.5. The van der Waals surface area contributed by atoms with Gasteiger partial charge in [-0.1, -0.05) is 70.4 Å². The molecule has 0 saturated heterocycles. The maximum Gasteiger partial charge on any atom is 0.104 e. The van der Waals surface area contributed by atoms with Crippen LogP contribution in [0.2, 0.25) is 0 Å². The predicted molar refractivity (Wildman–Crippen MR) is 93.3 cm³/mol. The van der Waals surface area contributed by atoms with Crippen LogP contribution in [0.3, 0.4) is 0 Å². The average molecular weight is 330 g/mol. The molecule has 3 heteroatoms. The smallest absolute Gasteiger partial charge is 0.104 e. The minimum Gasteiger partial charge on any atom is -1.00 e. The molecule has 2 nitrogen and oxygen atoms in total. The first-order valence-corrected chi connectivity index (χ1v) is 8.65. The molecule has 1 aromatic carbocycles. The van der Waals surface area contributed by atoms with Gasteiger partial charge in [0, 0.05) is 5.56 Å². The zero-order valence-electron chi connectivity index (χ0n) is 14.8. The summed E-state index contributed by atoms with van der Waals surface area (Å²) in [5.41, 5.74) is 1.51. The molecule has 1 aromatic rings. The van der Waals surface area contributed by atoms with Gasteiger partial charge in [-0.25, -0.2) is 0 Å². The third-order valence-electron chi connectivity index (χ3n) is 4.32. The standard InChI is InChI=1S/C19H34N.ClH.H2O/c1-4-7-15-20(16-8-5-2,17-9-6-3)18-19-13-11-10-12-14-19;;/h10-14H,4-9,15-18H2,1-3H3;1H;1H2/q+1;;/p-1. The third-order valence-corrected chi connectivity index (χ3v) is 4.32. The molecule has 0 saturated carbocycles. The Morgan fingerprint density at radius 3 is 1.50 bits per heavy atom. The van der Waals surface area contributed by atoms with Gasteiger partial charge in [-0.15, -0.1) is 0 Å². The van der Waals surface area contributed by atoms with Gasteiger partial charge in [0.05, 0.1) is 19.6 Å². The minimum atomic E-state index is 0. The Labute approximate surface area is 144 Å². The lowest BCUT2D eigenvalue weighted by Crippen LogP contribution is -3.00. The van der Waals surface area contributed by atoms with Crippen LogP contribution in [0.15, 0.2) is 30.3 Å². The molecule has 130 valence electrons. The topological polar surface area (TPSA) is 31.5 Å². The van der Waals surface area contributed by atoms with Crippen molar-refractivity contribution in [1.29, 1.82) is 0 Å². The summed E-state index contributed by atoms with van der Waals surface area (Å²) in [6, 6.07) is 11.1. The van der Waals surface area contributed by atoms with Crippen LogP contribution >= 0.6 is 0 Å². The first-order chi connectivity index (χ1) is 9.76. The van der Waals surface area contributed by atoms with E-state index in [0.717, 1.165) is 0 Å². The van der Waals surface area contributed by atoms with Gasteiger partial charge in [0.25, 0.3) is 0 Å². The number of benzene rings is 1. The van der Waals surface area contributed by atoms with E-state index in [2.05, 4.69) is 51.1 Å². The Morgan fingerprint density at radius 2 is 1.14 bits per heavy atom. The number of hydrogen-bond acceptors (Lipinski definition) is 0. The molecular weight excluding hydrogens is 294 g/mol. The van der Waals surface area contributed by atoms with Crippen molar-refractivity contribution in [2.45, 2.75) is 65.8 Å². The summed E-state index contributed by atoms with van der Waals surface area (Å²) < 4.78 is 1.31. The lowest BCUT2D eigenvalue weighted by molar-refractivity contribution is -0.941. The van der Waals surface area contributed by atoms with E-state index < -0.39 is 0 Å². The predicted octanol–water partition coefficient (Wildman–Crippen LogP) is 1.58. The maximum absolute atomic E-state index is 2.32. The van der Waals surface area contributed by atoms with Crippen LogP contribution in [-0.2, 0) is 6.54 Å². The van der Waals surface area contributed by atoms with E-state index in [1.165, 1.54) is 74.8 Å². The van der Waals surface area contributed by atoms with Gasteiger partial charge in [-0.05, 0) is 19.3 Å². The molecule has 0 atom stereocenters. The Kier molecular flexibility index (Phi) is 15.1. The Bertz CT molecular complexity index is 321. The SMILES string of the molecule is CCCC[N+](CCCC)(CCCC)Cc1ccccc1.O.[Cl-]. The van der Waals surface area contributed by atoms with Crippen molar-refractivity contribution in [2.75, 3.05) is 19.6 Å². The van der Waals surface area contributed by atoms with Gasteiger partial charge in [0.2, 0.25) is 0 Å². The zero-order chi connectivity index (χ0) is 14.7. The highest BCUT2D eigenvalue weighted by molar-refractivity contribution is 5.13. The summed E-state index contributed by atoms with van der Waals surface area (Å²) >= 11 is 0. The Morgan fingerprint density at radius 1 is 0.727 bits per heavy atom. The van der Waals surface area contributed by atoms with E-state index >= 15 is 0 Å². The van der Waals surface area contributed by atoms with Crippen LogP contribution in [0.4, 0.5) is 0 Å². The van der Waals surface area contributed by atoms with Crippen molar-refractivity contribution in [3.05, 3.63) is 35.9 Å². The van der Waals surface area contributed by atoms with Gasteiger partial charge in [0.1, 0.15) is 6.54 Å². The fourth-order valence-corrected chi connectivity index (χ4v) is 3.02. The van der Waals surface area contributed by atoms with Crippen LogP contribution in [-0.4, -0.2) is 29.6 Å². The van der Waals surface area contributed by atoms with Crippen LogP contribution in [0.5, 0.6) is 0 Å². The Hall–Kier alpha value is -0.570. The van der Waals surface area contributed by atoms with Gasteiger partial charge >= 0.3 is 0 Å². The molecule has 2 N–H and O–H groups in total. The largest absolute Gasteiger partial charge is 1.00 e. The molecular formula is C19H36ClNO. The monoisotopic (exact) mass is 329 g/mol. The summed E-state index contributed by atoms with van der Waals surface area (Å²) in [5.74, 6) is 0. The number of nitrogens with zero attached hydrogens (tertiary/aromatic N) is 1. The van der Waals surface area contributed by atoms with Gasteiger partial charge in [0.15, 0.2) is 0 Å². The summed E-state index contributed by atoms with van der Waals surface area (Å²) in [6.45, 7) is 12.2. The van der Waals surface area contributed by atoms with E-state index in [1.54, 1.807) is 0 Å². The molecule has 0 aromatic heterocycles. The fraction of sp³-hybridized carbons (Fsp3) is 0.684. The van der Waals surface area contributed by atoms with Crippen molar-refractivity contribution < 1.29 is 22.4 Å². The summed E-state index contributed by atoms with van der Waals surface area (Å²) in [6.07, 6.45) is 8.02. The second-order valence-electron chi connectivity index (χ2n) is 6.22. The normalized spacial score (nSPS) is 10.7.